The molecule has 0 atom stereocenters. The number of rotatable bonds is 11. The molecule has 0 saturated carbocycles. The van der Waals surface area contributed by atoms with E-state index in [0.717, 1.165) is 16.0 Å². The molecule has 39 heavy (non-hydrogen) atoms. The number of esters is 2. The topological polar surface area (TPSA) is 107 Å². The van der Waals surface area contributed by atoms with Gasteiger partial charge in [-0.25, -0.2) is 4.90 Å². The highest BCUT2D eigenvalue weighted by molar-refractivity contribution is 6.38. The fraction of sp³-hybridized carbons (Fsp3) is 0.387. The third-order valence-electron chi connectivity index (χ3n) is 6.81. The summed E-state index contributed by atoms with van der Waals surface area (Å²) in [5.41, 5.74) is -0.699. The van der Waals surface area contributed by atoms with E-state index in [4.69, 9.17) is 9.47 Å². The maximum absolute atomic E-state index is 14.2. The molecule has 0 saturated heterocycles. The first kappa shape index (κ1) is 29.5. The number of ketones is 1. The van der Waals surface area contributed by atoms with E-state index in [9.17, 15) is 24.0 Å². The van der Waals surface area contributed by atoms with E-state index in [0.29, 0.717) is 5.69 Å². The average molecular weight is 534 g/mol. The Kier molecular flexibility index (Phi) is 8.89. The molecule has 8 heteroatoms. The van der Waals surface area contributed by atoms with Crippen LogP contribution in [0.1, 0.15) is 102 Å². The van der Waals surface area contributed by atoms with Crippen LogP contribution in [0.3, 0.4) is 0 Å². The molecule has 0 bridgehead atoms. The molecule has 0 N–H and O–H groups in total. The van der Waals surface area contributed by atoms with Crippen molar-refractivity contribution in [1.29, 1.82) is 0 Å². The predicted molar refractivity (Wildman–Crippen MR) is 147 cm³/mol. The molecule has 0 radical (unpaired) electrons. The predicted octanol–water partition coefficient (Wildman–Crippen LogP) is 5.61. The number of benzene rings is 2. The summed E-state index contributed by atoms with van der Waals surface area (Å²) in [4.78, 5) is 69.5. The Bertz CT molecular complexity index is 1290. The monoisotopic (exact) mass is 533 g/mol. The van der Waals surface area contributed by atoms with Gasteiger partial charge >= 0.3 is 11.9 Å². The fourth-order valence-electron chi connectivity index (χ4n) is 4.93. The Morgan fingerprint density at radius 1 is 0.872 bits per heavy atom. The largest absolute Gasteiger partial charge is 0.465 e. The van der Waals surface area contributed by atoms with Crippen LogP contribution in [0.25, 0.3) is 0 Å². The van der Waals surface area contributed by atoms with Gasteiger partial charge in [0, 0.05) is 5.56 Å². The average Bonchev–Trinajstić information content (AvgIpc) is 3.15. The second-order valence-corrected chi connectivity index (χ2v) is 9.94. The number of imide groups is 1. The van der Waals surface area contributed by atoms with Gasteiger partial charge in [0.05, 0.1) is 30.0 Å². The molecule has 0 unspecified atom stereocenters. The first-order valence-electron chi connectivity index (χ1n) is 13.1. The van der Waals surface area contributed by atoms with Crippen molar-refractivity contribution >= 4 is 35.2 Å². The van der Waals surface area contributed by atoms with E-state index in [1.807, 2.05) is 45.9 Å². The number of amides is 2. The van der Waals surface area contributed by atoms with Gasteiger partial charge in [-0.1, -0.05) is 64.1 Å². The van der Waals surface area contributed by atoms with Crippen LogP contribution in [0.5, 0.6) is 0 Å². The van der Waals surface area contributed by atoms with Crippen molar-refractivity contribution in [1.82, 2.24) is 0 Å². The van der Waals surface area contributed by atoms with Crippen LogP contribution < -0.4 is 4.90 Å². The zero-order chi connectivity index (χ0) is 29.1. The quantitative estimate of drug-likeness (QED) is 0.122. The molecule has 0 aromatic heterocycles. The maximum atomic E-state index is 14.2. The zero-order valence-electron chi connectivity index (χ0n) is 23.3. The van der Waals surface area contributed by atoms with Crippen molar-refractivity contribution in [3.8, 4) is 0 Å². The normalized spacial score (nSPS) is 13.1. The minimum atomic E-state index is -2.42. The van der Waals surface area contributed by atoms with Crippen LogP contribution in [0, 0.1) is 5.41 Å². The Morgan fingerprint density at radius 2 is 1.38 bits per heavy atom. The number of ether oxygens (including phenoxy) is 2. The van der Waals surface area contributed by atoms with Crippen LogP contribution in [-0.4, -0.2) is 42.7 Å². The molecular weight excluding hydrogens is 498 g/mol. The first-order chi connectivity index (χ1) is 18.5. The number of nitrogens with zero attached hydrogens (tertiary/aromatic N) is 1. The van der Waals surface area contributed by atoms with Gasteiger partial charge in [-0.2, -0.15) is 0 Å². The Balaban J connectivity index is 2.28. The second-order valence-electron chi connectivity index (χ2n) is 9.94. The van der Waals surface area contributed by atoms with E-state index in [1.165, 1.54) is 24.3 Å². The summed E-state index contributed by atoms with van der Waals surface area (Å²) in [6.07, 6.45) is 0.842. The van der Waals surface area contributed by atoms with Gasteiger partial charge in [-0.3, -0.25) is 24.0 Å². The van der Waals surface area contributed by atoms with Gasteiger partial charge in [0.15, 0.2) is 5.78 Å². The second kappa shape index (κ2) is 11.8. The number of carbonyl (C=O) groups excluding carboxylic acids is 5. The molecular formula is C31H35NO7. The van der Waals surface area contributed by atoms with Crippen LogP contribution in [0.15, 0.2) is 49.1 Å². The van der Waals surface area contributed by atoms with E-state index < -0.39 is 41.4 Å². The number of hydrogen-bond acceptors (Lipinski definition) is 7. The van der Waals surface area contributed by atoms with Gasteiger partial charge in [-0.05, 0) is 49.3 Å². The maximum Gasteiger partial charge on any atom is 0.331 e. The smallest absolute Gasteiger partial charge is 0.331 e. The SMILES string of the molecule is C=CCC(C(=O)OCC)(C(=O)OCC)C(=O)c1cccc2c1C(=O)N(c1c(C(C)C)cccc1C(C)C)C2=O. The molecule has 0 spiro atoms. The number of anilines is 1. The molecule has 8 nitrogen and oxygen atoms in total. The number of hydrogen-bond donors (Lipinski definition) is 0. The summed E-state index contributed by atoms with van der Waals surface area (Å²) in [6, 6.07) is 9.89. The zero-order valence-corrected chi connectivity index (χ0v) is 23.3. The van der Waals surface area contributed by atoms with Crippen LogP contribution >= 0.6 is 0 Å². The minimum absolute atomic E-state index is 0.00279. The van der Waals surface area contributed by atoms with Gasteiger partial charge in [0.2, 0.25) is 5.41 Å². The van der Waals surface area contributed by atoms with E-state index >= 15 is 0 Å². The molecule has 0 aliphatic carbocycles. The molecule has 1 aliphatic rings. The van der Waals surface area contributed by atoms with Crippen LogP contribution in [0.4, 0.5) is 5.69 Å². The summed E-state index contributed by atoms with van der Waals surface area (Å²) < 4.78 is 10.3. The number of fused-ring (bicyclic) bond motifs is 1. The lowest BCUT2D eigenvalue weighted by Gasteiger charge is -2.27. The lowest BCUT2D eigenvalue weighted by Crippen LogP contribution is -2.48. The minimum Gasteiger partial charge on any atom is -0.465 e. The highest BCUT2D eigenvalue weighted by atomic mass is 16.6. The summed E-state index contributed by atoms with van der Waals surface area (Å²) in [6.45, 7) is 14.4. The molecule has 0 fully saturated rings. The highest BCUT2D eigenvalue weighted by Crippen LogP contribution is 2.41. The van der Waals surface area contributed by atoms with Crippen LogP contribution in [0.2, 0.25) is 0 Å². The lowest BCUT2D eigenvalue weighted by atomic mass is 9.76. The number of allylic oxidation sites excluding steroid dienone is 1. The molecule has 1 heterocycles. The Hall–Kier alpha value is -4.07. The van der Waals surface area contributed by atoms with Crippen LogP contribution in [-0.2, 0) is 19.1 Å². The molecule has 1 aliphatic heterocycles. The number of Topliss-reactive ketones (excluding diaryl/α,β-unsaturated/α-hetero) is 1. The van der Waals surface area contributed by atoms with Gasteiger partial charge in [-0.15, -0.1) is 6.58 Å². The summed E-state index contributed by atoms with van der Waals surface area (Å²) in [5.74, 6) is -4.48. The summed E-state index contributed by atoms with van der Waals surface area (Å²) in [7, 11) is 0. The van der Waals surface area contributed by atoms with Crippen molar-refractivity contribution in [2.45, 2.75) is 59.8 Å². The van der Waals surface area contributed by atoms with Crippen molar-refractivity contribution in [2.75, 3.05) is 18.1 Å². The van der Waals surface area contributed by atoms with E-state index in [1.54, 1.807) is 13.8 Å². The highest BCUT2D eigenvalue weighted by Gasteiger charge is 2.56. The molecule has 206 valence electrons. The van der Waals surface area contributed by atoms with E-state index in [-0.39, 0.29) is 41.7 Å². The van der Waals surface area contributed by atoms with Crippen molar-refractivity contribution < 1.29 is 33.4 Å². The Labute approximate surface area is 229 Å². The number of para-hydroxylation sites is 1. The van der Waals surface area contributed by atoms with Gasteiger partial charge in [0.25, 0.3) is 11.8 Å². The fourth-order valence-corrected chi connectivity index (χ4v) is 4.93. The number of carbonyl (C=O) groups is 5. The van der Waals surface area contributed by atoms with Crippen molar-refractivity contribution in [2.24, 2.45) is 5.41 Å². The van der Waals surface area contributed by atoms with E-state index in [2.05, 4.69) is 6.58 Å². The summed E-state index contributed by atoms with van der Waals surface area (Å²) in [5, 5.41) is 0. The lowest BCUT2D eigenvalue weighted by molar-refractivity contribution is -0.167. The third-order valence-corrected chi connectivity index (χ3v) is 6.81. The third kappa shape index (κ3) is 4.91. The summed E-state index contributed by atoms with van der Waals surface area (Å²) >= 11 is 0. The Morgan fingerprint density at radius 3 is 1.85 bits per heavy atom. The first-order valence-corrected chi connectivity index (χ1v) is 13.1. The molecule has 2 amide bonds. The van der Waals surface area contributed by atoms with Crippen molar-refractivity contribution in [3.63, 3.8) is 0 Å². The van der Waals surface area contributed by atoms with Gasteiger partial charge < -0.3 is 9.47 Å². The molecule has 3 rings (SSSR count). The standard InChI is InChI=1S/C31H35NO7/c1-8-17-31(29(36)38-9-2,30(37)39-10-3)26(33)22-15-12-16-23-24(22)28(35)32(27(23)34)25-20(18(4)5)13-11-14-21(25)19(6)7/h8,11-16,18-19H,1,9-10,17H2,2-7H3. The van der Waals surface area contributed by atoms with Gasteiger partial charge in [0.1, 0.15) is 0 Å². The molecule has 2 aromatic rings. The van der Waals surface area contributed by atoms with Crippen molar-refractivity contribution in [3.05, 3.63) is 76.9 Å². The molecule has 2 aromatic carbocycles.